The van der Waals surface area contributed by atoms with Crippen LogP contribution in [0.1, 0.15) is 41.4 Å². The highest BCUT2D eigenvalue weighted by atomic mass is 35.5. The molecule has 2 rings (SSSR count). The van der Waals surface area contributed by atoms with E-state index in [-0.39, 0.29) is 5.54 Å². The number of thiazole rings is 1. The lowest BCUT2D eigenvalue weighted by Gasteiger charge is -2.29. The van der Waals surface area contributed by atoms with E-state index in [1.807, 2.05) is 12.1 Å². The standard InChI is InChI=1S/C17H23ClN2S/c1-5-10-19-17(4,16-20-12(2)13(3)21-16)11-14-6-8-15(18)9-7-14/h6-9,19H,5,10-11H2,1-4H3. The Bertz CT molecular complexity index is 572. The number of hydrogen-bond donors (Lipinski definition) is 1. The summed E-state index contributed by atoms with van der Waals surface area (Å²) in [5.41, 5.74) is 2.28. The molecule has 0 saturated heterocycles. The van der Waals surface area contributed by atoms with Gasteiger partial charge in [0.2, 0.25) is 0 Å². The number of benzene rings is 1. The first-order valence-corrected chi connectivity index (χ1v) is 8.58. The third-order valence-electron chi connectivity index (χ3n) is 3.74. The van der Waals surface area contributed by atoms with Gasteiger partial charge < -0.3 is 5.32 Å². The molecule has 1 atom stereocenters. The van der Waals surface area contributed by atoms with Gasteiger partial charge in [0, 0.05) is 9.90 Å². The molecular formula is C17H23ClN2S. The third-order valence-corrected chi connectivity index (χ3v) is 5.33. The first kappa shape index (κ1) is 16.5. The molecular weight excluding hydrogens is 300 g/mol. The minimum Gasteiger partial charge on any atom is -0.305 e. The molecule has 114 valence electrons. The molecule has 0 bridgehead atoms. The second-order valence-electron chi connectivity index (χ2n) is 5.72. The summed E-state index contributed by atoms with van der Waals surface area (Å²) in [5, 5.41) is 5.63. The van der Waals surface area contributed by atoms with Crippen molar-refractivity contribution in [2.24, 2.45) is 0 Å². The van der Waals surface area contributed by atoms with E-state index >= 15 is 0 Å². The molecule has 2 nitrogen and oxygen atoms in total. The fourth-order valence-electron chi connectivity index (χ4n) is 2.33. The monoisotopic (exact) mass is 322 g/mol. The molecule has 0 aliphatic heterocycles. The number of rotatable bonds is 6. The van der Waals surface area contributed by atoms with Crippen molar-refractivity contribution >= 4 is 22.9 Å². The Labute approximate surface area is 136 Å². The lowest BCUT2D eigenvalue weighted by atomic mass is 9.93. The quantitative estimate of drug-likeness (QED) is 0.820. The van der Waals surface area contributed by atoms with Crippen molar-refractivity contribution in [3.8, 4) is 0 Å². The molecule has 0 amide bonds. The number of hydrogen-bond acceptors (Lipinski definition) is 3. The van der Waals surface area contributed by atoms with Crippen LogP contribution in [0.4, 0.5) is 0 Å². The minimum absolute atomic E-state index is 0.131. The second kappa shape index (κ2) is 6.91. The van der Waals surface area contributed by atoms with E-state index in [0.29, 0.717) is 0 Å². The Hall–Kier alpha value is -0.900. The van der Waals surface area contributed by atoms with E-state index in [9.17, 15) is 0 Å². The van der Waals surface area contributed by atoms with Gasteiger partial charge in [0.15, 0.2) is 0 Å². The average molecular weight is 323 g/mol. The Kier molecular flexibility index (Phi) is 5.42. The van der Waals surface area contributed by atoms with E-state index in [1.165, 1.54) is 15.4 Å². The van der Waals surface area contributed by atoms with Crippen molar-refractivity contribution in [1.82, 2.24) is 10.3 Å². The van der Waals surface area contributed by atoms with Gasteiger partial charge in [-0.25, -0.2) is 4.98 Å². The van der Waals surface area contributed by atoms with Crippen LogP contribution in [0.5, 0.6) is 0 Å². The van der Waals surface area contributed by atoms with Gasteiger partial charge in [-0.1, -0.05) is 30.7 Å². The lowest BCUT2D eigenvalue weighted by Crippen LogP contribution is -2.42. The predicted molar refractivity (Wildman–Crippen MR) is 92.4 cm³/mol. The average Bonchev–Trinajstić information content (AvgIpc) is 2.80. The van der Waals surface area contributed by atoms with E-state index in [2.05, 4.69) is 45.1 Å². The zero-order chi connectivity index (χ0) is 15.5. The summed E-state index contributed by atoms with van der Waals surface area (Å²) < 4.78 is 0. The highest BCUT2D eigenvalue weighted by Crippen LogP contribution is 2.31. The molecule has 0 fully saturated rings. The maximum absolute atomic E-state index is 5.98. The summed E-state index contributed by atoms with van der Waals surface area (Å²) in [5.74, 6) is 0. The molecule has 4 heteroatoms. The van der Waals surface area contributed by atoms with E-state index < -0.39 is 0 Å². The Morgan fingerprint density at radius 3 is 2.43 bits per heavy atom. The summed E-state index contributed by atoms with van der Waals surface area (Å²) >= 11 is 7.78. The molecule has 2 aromatic rings. The highest BCUT2D eigenvalue weighted by Gasteiger charge is 2.30. The maximum atomic E-state index is 5.98. The van der Waals surface area contributed by atoms with Crippen LogP contribution in [0.3, 0.4) is 0 Å². The van der Waals surface area contributed by atoms with Crippen molar-refractivity contribution in [1.29, 1.82) is 0 Å². The fraction of sp³-hybridized carbons (Fsp3) is 0.471. The van der Waals surface area contributed by atoms with E-state index in [4.69, 9.17) is 16.6 Å². The zero-order valence-corrected chi connectivity index (χ0v) is 14.7. The Balaban J connectivity index is 2.29. The summed E-state index contributed by atoms with van der Waals surface area (Å²) in [7, 11) is 0. The van der Waals surface area contributed by atoms with Crippen LogP contribution >= 0.6 is 22.9 Å². The maximum Gasteiger partial charge on any atom is 0.113 e. The summed E-state index contributed by atoms with van der Waals surface area (Å²) in [6.07, 6.45) is 2.02. The first-order valence-electron chi connectivity index (χ1n) is 7.38. The van der Waals surface area contributed by atoms with Crippen molar-refractivity contribution in [3.05, 3.63) is 50.4 Å². The number of nitrogens with one attached hydrogen (secondary N) is 1. The van der Waals surface area contributed by atoms with Gasteiger partial charge in [0.1, 0.15) is 5.01 Å². The second-order valence-corrected chi connectivity index (χ2v) is 7.36. The first-order chi connectivity index (χ1) is 9.94. The molecule has 1 aromatic heterocycles. The SMILES string of the molecule is CCCNC(C)(Cc1ccc(Cl)cc1)c1nc(C)c(C)s1. The van der Waals surface area contributed by atoms with Crippen molar-refractivity contribution in [2.45, 2.75) is 46.1 Å². The number of aryl methyl sites for hydroxylation is 2. The number of halogens is 1. The van der Waals surface area contributed by atoms with Gasteiger partial charge in [-0.15, -0.1) is 11.3 Å². The predicted octanol–water partition coefficient (Wildman–Crippen LogP) is 4.87. The number of aromatic nitrogens is 1. The van der Waals surface area contributed by atoms with Gasteiger partial charge in [-0.2, -0.15) is 0 Å². The van der Waals surface area contributed by atoms with Gasteiger partial charge in [-0.05, 0) is 57.9 Å². The van der Waals surface area contributed by atoms with Crippen LogP contribution in [-0.2, 0) is 12.0 Å². The summed E-state index contributed by atoms with van der Waals surface area (Å²) in [6.45, 7) is 9.64. The molecule has 0 radical (unpaired) electrons. The van der Waals surface area contributed by atoms with Crippen LogP contribution in [-0.4, -0.2) is 11.5 Å². The molecule has 1 N–H and O–H groups in total. The van der Waals surface area contributed by atoms with Gasteiger partial charge in [0.05, 0.1) is 11.2 Å². The fourth-order valence-corrected chi connectivity index (χ4v) is 3.50. The highest BCUT2D eigenvalue weighted by molar-refractivity contribution is 7.11. The van der Waals surface area contributed by atoms with Crippen molar-refractivity contribution in [2.75, 3.05) is 6.54 Å². The molecule has 0 aliphatic rings. The van der Waals surface area contributed by atoms with Crippen LogP contribution in [0, 0.1) is 13.8 Å². The van der Waals surface area contributed by atoms with Gasteiger partial charge in [0.25, 0.3) is 0 Å². The molecule has 0 saturated carbocycles. The molecule has 1 aromatic carbocycles. The van der Waals surface area contributed by atoms with Crippen LogP contribution in [0.15, 0.2) is 24.3 Å². The Morgan fingerprint density at radius 1 is 1.24 bits per heavy atom. The third kappa shape index (κ3) is 4.06. The smallest absolute Gasteiger partial charge is 0.113 e. The van der Waals surface area contributed by atoms with Gasteiger partial charge >= 0.3 is 0 Å². The van der Waals surface area contributed by atoms with Crippen LogP contribution < -0.4 is 5.32 Å². The summed E-state index contributed by atoms with van der Waals surface area (Å²) in [4.78, 5) is 6.08. The van der Waals surface area contributed by atoms with E-state index in [1.54, 1.807) is 11.3 Å². The Morgan fingerprint density at radius 2 is 1.90 bits per heavy atom. The molecule has 21 heavy (non-hydrogen) atoms. The van der Waals surface area contributed by atoms with Crippen molar-refractivity contribution < 1.29 is 0 Å². The van der Waals surface area contributed by atoms with Crippen LogP contribution in [0.2, 0.25) is 5.02 Å². The van der Waals surface area contributed by atoms with E-state index in [0.717, 1.165) is 30.1 Å². The molecule has 0 aliphatic carbocycles. The largest absolute Gasteiger partial charge is 0.305 e. The number of nitrogens with zero attached hydrogens (tertiary/aromatic N) is 1. The van der Waals surface area contributed by atoms with Crippen molar-refractivity contribution in [3.63, 3.8) is 0 Å². The van der Waals surface area contributed by atoms with Gasteiger partial charge in [-0.3, -0.25) is 0 Å². The molecule has 0 spiro atoms. The topological polar surface area (TPSA) is 24.9 Å². The lowest BCUT2D eigenvalue weighted by molar-refractivity contribution is 0.362. The summed E-state index contributed by atoms with van der Waals surface area (Å²) in [6, 6.07) is 8.11. The van der Waals surface area contributed by atoms with Crippen LogP contribution in [0.25, 0.3) is 0 Å². The normalized spacial score (nSPS) is 14.1. The molecule has 1 heterocycles. The zero-order valence-electron chi connectivity index (χ0n) is 13.2. The molecule has 1 unspecified atom stereocenters. The minimum atomic E-state index is -0.131.